The van der Waals surface area contributed by atoms with E-state index in [1.54, 1.807) is 18.2 Å². The van der Waals surface area contributed by atoms with Crippen molar-refractivity contribution in [2.45, 2.75) is 19.6 Å². The highest BCUT2D eigenvalue weighted by Gasteiger charge is 2.38. The molecule has 0 bridgehead atoms. The highest BCUT2D eigenvalue weighted by molar-refractivity contribution is 9.10. The Kier molecular flexibility index (Phi) is 3.69. The maximum Gasteiger partial charge on any atom is 0.348 e. The molecule has 4 nitrogen and oxygen atoms in total. The van der Waals surface area contributed by atoms with Gasteiger partial charge in [0.1, 0.15) is 5.57 Å². The van der Waals surface area contributed by atoms with Gasteiger partial charge in [0.25, 0.3) is 5.79 Å². The molecule has 0 spiro atoms. The van der Waals surface area contributed by atoms with Gasteiger partial charge in [0.2, 0.25) is 0 Å². The maximum absolute atomic E-state index is 11.8. The number of cyclic esters (lactones) is 2. The molecule has 6 heteroatoms. The molecule has 1 heterocycles. The van der Waals surface area contributed by atoms with Crippen molar-refractivity contribution in [1.29, 1.82) is 0 Å². The van der Waals surface area contributed by atoms with Gasteiger partial charge in [-0.25, -0.2) is 9.59 Å². The molecule has 1 aromatic carbocycles. The number of carbonyl (C=O) groups excluding carboxylic acids is 2. The van der Waals surface area contributed by atoms with Crippen LogP contribution in [-0.2, 0) is 19.1 Å². The Morgan fingerprint density at radius 2 is 1.79 bits per heavy atom. The van der Waals surface area contributed by atoms with E-state index in [0.29, 0.717) is 15.1 Å². The molecular formula is C13H10BrClO4. The summed E-state index contributed by atoms with van der Waals surface area (Å²) in [4.78, 5) is 23.6. The molecule has 0 amide bonds. The Hall–Kier alpha value is -1.33. The van der Waals surface area contributed by atoms with Crippen molar-refractivity contribution in [2.75, 3.05) is 0 Å². The van der Waals surface area contributed by atoms with Crippen LogP contribution in [0.3, 0.4) is 0 Å². The van der Waals surface area contributed by atoms with E-state index >= 15 is 0 Å². The Morgan fingerprint density at radius 3 is 2.37 bits per heavy atom. The summed E-state index contributed by atoms with van der Waals surface area (Å²) < 4.78 is 10.7. The lowest BCUT2D eigenvalue weighted by Gasteiger charge is -2.29. The van der Waals surface area contributed by atoms with Crippen molar-refractivity contribution in [3.05, 3.63) is 38.8 Å². The Labute approximate surface area is 123 Å². The van der Waals surface area contributed by atoms with Crippen LogP contribution in [0, 0.1) is 0 Å². The molecule has 0 radical (unpaired) electrons. The molecule has 0 aliphatic carbocycles. The van der Waals surface area contributed by atoms with E-state index in [9.17, 15) is 9.59 Å². The summed E-state index contributed by atoms with van der Waals surface area (Å²) in [6, 6.07) is 5.03. The van der Waals surface area contributed by atoms with E-state index in [-0.39, 0.29) is 5.57 Å². The molecule has 0 N–H and O–H groups in total. The number of esters is 2. The summed E-state index contributed by atoms with van der Waals surface area (Å²) in [5, 5.41) is 0.493. The van der Waals surface area contributed by atoms with Crippen molar-refractivity contribution in [2.24, 2.45) is 0 Å². The zero-order valence-electron chi connectivity index (χ0n) is 10.2. The summed E-state index contributed by atoms with van der Waals surface area (Å²) in [5.74, 6) is -2.67. The Bertz CT molecular complexity index is 570. The van der Waals surface area contributed by atoms with Crippen molar-refractivity contribution in [1.82, 2.24) is 0 Å². The van der Waals surface area contributed by atoms with Crippen molar-refractivity contribution in [3.63, 3.8) is 0 Å². The van der Waals surface area contributed by atoms with Gasteiger partial charge in [-0.2, -0.15) is 0 Å². The predicted molar refractivity (Wildman–Crippen MR) is 73.4 cm³/mol. The van der Waals surface area contributed by atoms with E-state index in [1.165, 1.54) is 19.9 Å². The van der Waals surface area contributed by atoms with Crippen LogP contribution in [0.4, 0.5) is 0 Å². The summed E-state index contributed by atoms with van der Waals surface area (Å²) in [7, 11) is 0. The molecular weight excluding hydrogens is 335 g/mol. The van der Waals surface area contributed by atoms with Crippen LogP contribution in [-0.4, -0.2) is 17.7 Å². The van der Waals surface area contributed by atoms with E-state index in [4.69, 9.17) is 21.1 Å². The third-order valence-electron chi connectivity index (χ3n) is 2.37. The molecule has 0 unspecified atom stereocenters. The second kappa shape index (κ2) is 4.98. The molecule has 0 atom stereocenters. The van der Waals surface area contributed by atoms with Gasteiger partial charge in [0.05, 0.1) is 0 Å². The lowest BCUT2D eigenvalue weighted by molar-refractivity contribution is -0.222. The first kappa shape index (κ1) is 14.1. The summed E-state index contributed by atoms with van der Waals surface area (Å²) in [5.41, 5.74) is 0.429. The molecule has 1 fully saturated rings. The van der Waals surface area contributed by atoms with Gasteiger partial charge in [0.15, 0.2) is 0 Å². The molecule has 100 valence electrons. The molecule has 1 aliphatic rings. The number of benzene rings is 1. The van der Waals surface area contributed by atoms with Crippen molar-refractivity contribution in [3.8, 4) is 0 Å². The van der Waals surface area contributed by atoms with Gasteiger partial charge < -0.3 is 9.47 Å². The fourth-order valence-corrected chi connectivity index (χ4v) is 2.10. The van der Waals surface area contributed by atoms with E-state index in [1.807, 2.05) is 0 Å². The summed E-state index contributed by atoms with van der Waals surface area (Å²) in [6.45, 7) is 2.99. The topological polar surface area (TPSA) is 52.6 Å². The molecule has 1 aromatic rings. The van der Waals surface area contributed by atoms with Crippen LogP contribution in [0.2, 0.25) is 5.02 Å². The molecule has 0 saturated carbocycles. The Balaban J connectivity index is 2.41. The van der Waals surface area contributed by atoms with Crippen molar-refractivity contribution < 1.29 is 19.1 Å². The van der Waals surface area contributed by atoms with Crippen LogP contribution in [0.1, 0.15) is 19.4 Å². The molecule has 1 aliphatic heterocycles. The fraction of sp³-hybridized carbons (Fsp3) is 0.231. The van der Waals surface area contributed by atoms with E-state index in [0.717, 1.165) is 0 Å². The zero-order valence-corrected chi connectivity index (χ0v) is 12.5. The highest BCUT2D eigenvalue weighted by atomic mass is 79.9. The largest absolute Gasteiger partial charge is 0.419 e. The molecule has 2 rings (SSSR count). The summed E-state index contributed by atoms with van der Waals surface area (Å²) in [6.07, 6.45) is 1.38. The van der Waals surface area contributed by atoms with Gasteiger partial charge in [-0.1, -0.05) is 27.5 Å². The minimum atomic E-state index is -1.24. The second-order valence-electron chi connectivity index (χ2n) is 4.40. The van der Waals surface area contributed by atoms with Crippen LogP contribution < -0.4 is 0 Å². The summed E-state index contributed by atoms with van der Waals surface area (Å²) >= 11 is 9.18. The molecule has 19 heavy (non-hydrogen) atoms. The van der Waals surface area contributed by atoms with Crippen LogP contribution in [0.25, 0.3) is 6.08 Å². The zero-order chi connectivity index (χ0) is 14.2. The number of hydrogen-bond acceptors (Lipinski definition) is 4. The quantitative estimate of drug-likeness (QED) is 0.445. The first-order valence-electron chi connectivity index (χ1n) is 5.42. The average molecular weight is 346 g/mol. The maximum atomic E-state index is 11.8. The van der Waals surface area contributed by atoms with E-state index in [2.05, 4.69) is 15.9 Å². The van der Waals surface area contributed by atoms with Crippen LogP contribution >= 0.6 is 27.5 Å². The SMILES string of the molecule is CC1(C)OC(=O)C(=Cc2cc(Cl)ccc2Br)C(=O)O1. The smallest absolute Gasteiger partial charge is 0.348 e. The standard InChI is InChI=1S/C13H10BrClO4/c1-13(2)18-11(16)9(12(17)19-13)6-7-5-8(15)3-4-10(7)14/h3-6H,1-2H3. The Morgan fingerprint density at radius 1 is 1.21 bits per heavy atom. The number of carbonyl (C=O) groups is 2. The van der Waals surface area contributed by atoms with E-state index < -0.39 is 17.7 Å². The van der Waals surface area contributed by atoms with Gasteiger partial charge >= 0.3 is 11.9 Å². The van der Waals surface area contributed by atoms with Crippen LogP contribution in [0.15, 0.2) is 28.2 Å². The molecule has 0 aromatic heterocycles. The van der Waals surface area contributed by atoms with Crippen LogP contribution in [0.5, 0.6) is 0 Å². The van der Waals surface area contributed by atoms with Gasteiger partial charge in [0, 0.05) is 23.3 Å². The third-order valence-corrected chi connectivity index (χ3v) is 3.33. The van der Waals surface area contributed by atoms with Gasteiger partial charge in [-0.15, -0.1) is 0 Å². The monoisotopic (exact) mass is 344 g/mol. The fourth-order valence-electron chi connectivity index (χ4n) is 1.56. The second-order valence-corrected chi connectivity index (χ2v) is 5.69. The minimum absolute atomic E-state index is 0.165. The first-order chi connectivity index (χ1) is 8.78. The normalized spacial score (nSPS) is 17.8. The first-order valence-corrected chi connectivity index (χ1v) is 6.59. The highest BCUT2D eigenvalue weighted by Crippen LogP contribution is 2.27. The van der Waals surface area contributed by atoms with Gasteiger partial charge in [-0.05, 0) is 29.8 Å². The lowest BCUT2D eigenvalue weighted by atomic mass is 10.1. The van der Waals surface area contributed by atoms with Gasteiger partial charge in [-0.3, -0.25) is 0 Å². The number of ether oxygens (including phenoxy) is 2. The number of hydrogen-bond donors (Lipinski definition) is 0. The number of halogens is 2. The lowest BCUT2D eigenvalue weighted by Crippen LogP contribution is -2.41. The molecule has 1 saturated heterocycles. The third kappa shape index (κ3) is 3.16. The van der Waals surface area contributed by atoms with Crippen molar-refractivity contribution >= 4 is 45.5 Å². The minimum Gasteiger partial charge on any atom is -0.419 e. The number of rotatable bonds is 1. The predicted octanol–water partition coefficient (Wildman–Crippen LogP) is 3.32. The average Bonchev–Trinajstić information content (AvgIpc) is 2.26.